The molecule has 0 rings (SSSR count). The zero-order valence-electron chi connectivity index (χ0n) is 17.5. The van der Waals surface area contributed by atoms with E-state index in [1.165, 1.54) is 64.2 Å². The van der Waals surface area contributed by atoms with E-state index in [-0.39, 0.29) is 0 Å². The minimum Gasteiger partial charge on any atom is -0.381 e. The number of rotatable bonds is 19. The van der Waals surface area contributed by atoms with Gasteiger partial charge in [0, 0.05) is 19.7 Å². The van der Waals surface area contributed by atoms with Crippen molar-refractivity contribution in [3.63, 3.8) is 0 Å². The molecular formula is C22H45NO2. The van der Waals surface area contributed by atoms with E-state index in [0.29, 0.717) is 18.9 Å². The maximum Gasteiger partial charge on any atom is 0.224 e. The molecule has 0 unspecified atom stereocenters. The maximum atomic E-state index is 12.5. The molecule has 0 fully saturated rings. The van der Waals surface area contributed by atoms with E-state index in [1.807, 2.05) is 0 Å². The Morgan fingerprint density at radius 3 is 1.64 bits per heavy atom. The fraction of sp³-hybridized carbons (Fsp3) is 0.955. The van der Waals surface area contributed by atoms with E-state index in [9.17, 15) is 4.79 Å². The summed E-state index contributed by atoms with van der Waals surface area (Å²) >= 11 is 0. The molecule has 0 saturated heterocycles. The van der Waals surface area contributed by atoms with Crippen LogP contribution in [0.15, 0.2) is 0 Å². The molecule has 1 amide bonds. The molecular weight excluding hydrogens is 310 g/mol. The summed E-state index contributed by atoms with van der Waals surface area (Å²) in [6.45, 7) is 9.94. The van der Waals surface area contributed by atoms with Crippen LogP contribution in [0.1, 0.15) is 111 Å². The minimum absolute atomic E-state index is 0.293. The number of ether oxygens (including phenoxy) is 1. The first-order valence-corrected chi connectivity index (χ1v) is 11.1. The number of amides is 1. The summed E-state index contributed by atoms with van der Waals surface area (Å²) < 4.78 is 5.62. The second-order valence-corrected chi connectivity index (χ2v) is 7.28. The largest absolute Gasteiger partial charge is 0.381 e. The molecule has 0 aromatic carbocycles. The highest BCUT2D eigenvalue weighted by Crippen LogP contribution is 2.09. The monoisotopic (exact) mass is 355 g/mol. The Labute approximate surface area is 157 Å². The second-order valence-electron chi connectivity index (χ2n) is 7.28. The van der Waals surface area contributed by atoms with Gasteiger partial charge in [-0.25, -0.2) is 0 Å². The van der Waals surface area contributed by atoms with Gasteiger partial charge in [-0.1, -0.05) is 85.0 Å². The molecule has 0 aromatic heterocycles. The Hall–Kier alpha value is -0.570. The molecule has 0 aliphatic rings. The molecule has 3 heteroatoms. The molecule has 0 spiro atoms. The highest BCUT2D eigenvalue weighted by Gasteiger charge is 2.12. The average molecular weight is 356 g/mol. The molecule has 0 bridgehead atoms. The molecule has 0 aromatic rings. The molecule has 3 nitrogen and oxygen atoms in total. The maximum absolute atomic E-state index is 12.5. The van der Waals surface area contributed by atoms with Crippen molar-refractivity contribution < 1.29 is 9.53 Å². The van der Waals surface area contributed by atoms with Gasteiger partial charge in [0.05, 0.1) is 13.0 Å². The van der Waals surface area contributed by atoms with Crippen LogP contribution in [0, 0.1) is 0 Å². The van der Waals surface area contributed by atoms with E-state index in [2.05, 4.69) is 25.7 Å². The average Bonchev–Trinajstić information content (AvgIpc) is 2.62. The minimum atomic E-state index is 0.293. The Bertz CT molecular complexity index is 267. The van der Waals surface area contributed by atoms with Crippen molar-refractivity contribution in [2.45, 2.75) is 111 Å². The van der Waals surface area contributed by atoms with Crippen LogP contribution in [-0.4, -0.2) is 37.1 Å². The van der Waals surface area contributed by atoms with E-state index in [4.69, 9.17) is 4.74 Å². The number of hydrogen-bond donors (Lipinski definition) is 0. The van der Waals surface area contributed by atoms with Crippen molar-refractivity contribution in [3.05, 3.63) is 0 Å². The van der Waals surface area contributed by atoms with Gasteiger partial charge in [0.15, 0.2) is 0 Å². The number of carbonyl (C=O) groups excluding carboxylic acids is 1. The fourth-order valence-electron chi connectivity index (χ4n) is 3.05. The van der Waals surface area contributed by atoms with Gasteiger partial charge in [-0.15, -0.1) is 0 Å². The smallest absolute Gasteiger partial charge is 0.224 e. The van der Waals surface area contributed by atoms with Crippen molar-refractivity contribution in [1.82, 2.24) is 4.90 Å². The van der Waals surface area contributed by atoms with Crippen molar-refractivity contribution in [2.75, 3.05) is 26.3 Å². The molecule has 0 atom stereocenters. The quantitative estimate of drug-likeness (QED) is 0.253. The van der Waals surface area contributed by atoms with Gasteiger partial charge >= 0.3 is 0 Å². The lowest BCUT2D eigenvalue weighted by molar-refractivity contribution is -0.132. The van der Waals surface area contributed by atoms with Crippen LogP contribution in [0.25, 0.3) is 0 Å². The summed E-state index contributed by atoms with van der Waals surface area (Å²) in [4.78, 5) is 14.6. The van der Waals surface area contributed by atoms with Crippen LogP contribution in [0.2, 0.25) is 0 Å². The van der Waals surface area contributed by atoms with Crippen molar-refractivity contribution in [3.8, 4) is 0 Å². The van der Waals surface area contributed by atoms with Crippen LogP contribution in [0.5, 0.6) is 0 Å². The first-order valence-electron chi connectivity index (χ1n) is 11.1. The van der Waals surface area contributed by atoms with E-state index in [1.54, 1.807) is 0 Å². The Morgan fingerprint density at radius 2 is 1.12 bits per heavy atom. The third kappa shape index (κ3) is 16.6. The number of hydrogen-bond acceptors (Lipinski definition) is 2. The van der Waals surface area contributed by atoms with Crippen LogP contribution in [-0.2, 0) is 9.53 Å². The SMILES string of the molecule is CCCCCCCN(CCCCCCC)C(=O)CCOCCCCC. The third-order valence-corrected chi connectivity index (χ3v) is 4.77. The molecule has 0 aliphatic heterocycles. The summed E-state index contributed by atoms with van der Waals surface area (Å²) in [7, 11) is 0. The fourth-order valence-corrected chi connectivity index (χ4v) is 3.05. The zero-order valence-corrected chi connectivity index (χ0v) is 17.5. The lowest BCUT2D eigenvalue weighted by Crippen LogP contribution is -2.33. The first kappa shape index (κ1) is 24.4. The van der Waals surface area contributed by atoms with Gasteiger partial charge in [-0.3, -0.25) is 4.79 Å². The van der Waals surface area contributed by atoms with Crippen LogP contribution >= 0.6 is 0 Å². The van der Waals surface area contributed by atoms with Gasteiger partial charge in [-0.2, -0.15) is 0 Å². The van der Waals surface area contributed by atoms with Gasteiger partial charge in [0.2, 0.25) is 5.91 Å². The van der Waals surface area contributed by atoms with Gasteiger partial charge in [-0.05, 0) is 19.3 Å². The lowest BCUT2D eigenvalue weighted by Gasteiger charge is -2.23. The first-order chi connectivity index (χ1) is 12.3. The van der Waals surface area contributed by atoms with Gasteiger partial charge in [0.25, 0.3) is 0 Å². The summed E-state index contributed by atoms with van der Waals surface area (Å²) in [5.74, 6) is 0.293. The van der Waals surface area contributed by atoms with E-state index >= 15 is 0 Å². The van der Waals surface area contributed by atoms with Crippen molar-refractivity contribution in [1.29, 1.82) is 0 Å². The molecule has 0 heterocycles. The lowest BCUT2D eigenvalue weighted by atomic mass is 10.1. The van der Waals surface area contributed by atoms with Gasteiger partial charge < -0.3 is 9.64 Å². The second kappa shape index (κ2) is 19.8. The van der Waals surface area contributed by atoms with Crippen molar-refractivity contribution >= 4 is 5.91 Å². The predicted octanol–water partition coefficient (Wildman–Crippen LogP) is 6.35. The Balaban J connectivity index is 3.99. The molecule has 150 valence electrons. The van der Waals surface area contributed by atoms with E-state index < -0.39 is 0 Å². The van der Waals surface area contributed by atoms with Crippen LogP contribution < -0.4 is 0 Å². The number of nitrogens with zero attached hydrogens (tertiary/aromatic N) is 1. The highest BCUT2D eigenvalue weighted by atomic mass is 16.5. The Morgan fingerprint density at radius 1 is 0.640 bits per heavy atom. The highest BCUT2D eigenvalue weighted by molar-refractivity contribution is 5.76. The summed E-state index contributed by atoms with van der Waals surface area (Å²) in [5.41, 5.74) is 0. The number of unbranched alkanes of at least 4 members (excludes halogenated alkanes) is 10. The standard InChI is InChI=1S/C22H45NO2/c1-4-7-10-12-14-18-23(19-15-13-11-8-5-2)22(24)17-21-25-20-16-9-6-3/h4-21H2,1-3H3. The van der Waals surface area contributed by atoms with Gasteiger partial charge in [0.1, 0.15) is 0 Å². The molecule has 0 radical (unpaired) electrons. The summed E-state index contributed by atoms with van der Waals surface area (Å²) in [6.07, 6.45) is 16.7. The van der Waals surface area contributed by atoms with Crippen LogP contribution in [0.4, 0.5) is 0 Å². The number of carbonyl (C=O) groups is 1. The van der Waals surface area contributed by atoms with Crippen LogP contribution in [0.3, 0.4) is 0 Å². The molecule has 0 N–H and O–H groups in total. The molecule has 0 aliphatic carbocycles. The normalized spacial score (nSPS) is 11.0. The predicted molar refractivity (Wildman–Crippen MR) is 109 cm³/mol. The third-order valence-electron chi connectivity index (χ3n) is 4.77. The van der Waals surface area contributed by atoms with Crippen molar-refractivity contribution in [2.24, 2.45) is 0 Å². The molecule has 0 saturated carbocycles. The summed E-state index contributed by atoms with van der Waals surface area (Å²) in [5, 5.41) is 0. The topological polar surface area (TPSA) is 29.5 Å². The summed E-state index contributed by atoms with van der Waals surface area (Å²) in [6, 6.07) is 0. The molecule has 25 heavy (non-hydrogen) atoms. The Kier molecular flexibility index (Phi) is 19.3. The zero-order chi connectivity index (χ0) is 18.6. The van der Waals surface area contributed by atoms with E-state index in [0.717, 1.165) is 39.0 Å².